The molecule has 0 heterocycles. The molecule has 0 saturated carbocycles. The summed E-state index contributed by atoms with van der Waals surface area (Å²) in [6.45, 7) is 3.29. The number of thioether (sulfide) groups is 1. The summed E-state index contributed by atoms with van der Waals surface area (Å²) in [6, 6.07) is 15.0. The molecule has 0 spiro atoms. The quantitative estimate of drug-likeness (QED) is 0.568. The Morgan fingerprint density at radius 2 is 2.04 bits per heavy atom. The van der Waals surface area contributed by atoms with E-state index in [-0.39, 0.29) is 5.91 Å². The smallest absolute Gasteiger partial charge is 0.251 e. The average Bonchev–Trinajstić information content (AvgIpc) is 2.74. The van der Waals surface area contributed by atoms with Gasteiger partial charge >= 0.3 is 0 Å². The van der Waals surface area contributed by atoms with Crippen molar-refractivity contribution in [1.82, 2.24) is 5.32 Å². The van der Waals surface area contributed by atoms with Crippen molar-refractivity contribution >= 4 is 17.7 Å². The fourth-order valence-corrected chi connectivity index (χ4v) is 3.39. The zero-order chi connectivity index (χ0) is 20.2. The molecule has 2 aromatic carbocycles. The lowest BCUT2D eigenvalue weighted by Gasteiger charge is -2.12. The van der Waals surface area contributed by atoms with E-state index in [1.54, 1.807) is 37.1 Å². The van der Waals surface area contributed by atoms with Crippen LogP contribution in [0.25, 0.3) is 0 Å². The van der Waals surface area contributed by atoms with E-state index in [2.05, 4.69) is 18.3 Å². The summed E-state index contributed by atoms with van der Waals surface area (Å²) < 4.78 is 11.0. The van der Waals surface area contributed by atoms with Crippen molar-refractivity contribution in [2.75, 3.05) is 26.0 Å². The van der Waals surface area contributed by atoms with Gasteiger partial charge in [0.05, 0.1) is 25.3 Å². The van der Waals surface area contributed by atoms with Crippen molar-refractivity contribution in [2.45, 2.75) is 25.5 Å². The van der Waals surface area contributed by atoms with Crippen LogP contribution in [-0.2, 0) is 5.75 Å². The van der Waals surface area contributed by atoms with Crippen LogP contribution in [0, 0.1) is 11.3 Å². The van der Waals surface area contributed by atoms with Gasteiger partial charge in [-0.1, -0.05) is 31.5 Å². The molecule has 0 saturated heterocycles. The molecule has 6 heteroatoms. The minimum Gasteiger partial charge on any atom is -0.493 e. The maximum atomic E-state index is 12.4. The Bertz CT molecular complexity index is 818. The Labute approximate surface area is 171 Å². The zero-order valence-electron chi connectivity index (χ0n) is 16.4. The molecule has 0 aliphatic heterocycles. The van der Waals surface area contributed by atoms with Gasteiger partial charge in [-0.2, -0.15) is 17.0 Å². The van der Waals surface area contributed by atoms with E-state index in [4.69, 9.17) is 14.7 Å². The maximum absolute atomic E-state index is 12.4. The van der Waals surface area contributed by atoms with Crippen LogP contribution in [0.4, 0.5) is 0 Å². The fourth-order valence-electron chi connectivity index (χ4n) is 2.53. The van der Waals surface area contributed by atoms with Gasteiger partial charge in [-0.3, -0.25) is 4.79 Å². The number of hydrogen-bond acceptors (Lipinski definition) is 5. The molecule has 0 fully saturated rings. The molecule has 0 bridgehead atoms. The number of carbonyl (C=O) groups excluding carboxylic acids is 1. The van der Waals surface area contributed by atoms with Gasteiger partial charge in [0.25, 0.3) is 5.91 Å². The van der Waals surface area contributed by atoms with Crippen LogP contribution < -0.4 is 14.8 Å². The second-order valence-electron chi connectivity index (χ2n) is 6.15. The summed E-state index contributed by atoms with van der Waals surface area (Å²) in [6.07, 6.45) is 2.03. The van der Waals surface area contributed by atoms with Crippen molar-refractivity contribution in [3.8, 4) is 17.6 Å². The molecular formula is C22H26N2O3S. The number of rotatable bonds is 11. The highest BCUT2D eigenvalue weighted by Gasteiger charge is 2.11. The third kappa shape index (κ3) is 6.50. The van der Waals surface area contributed by atoms with Gasteiger partial charge in [-0.25, -0.2) is 0 Å². The van der Waals surface area contributed by atoms with Gasteiger partial charge in [0.2, 0.25) is 0 Å². The highest BCUT2D eigenvalue weighted by molar-refractivity contribution is 7.98. The lowest BCUT2D eigenvalue weighted by Crippen LogP contribution is -2.25. The van der Waals surface area contributed by atoms with Crippen molar-refractivity contribution in [3.05, 3.63) is 59.2 Å². The second kappa shape index (κ2) is 11.9. The maximum Gasteiger partial charge on any atom is 0.251 e. The van der Waals surface area contributed by atoms with Crippen molar-refractivity contribution in [2.24, 2.45) is 0 Å². The minimum absolute atomic E-state index is 0.142. The first-order valence-electron chi connectivity index (χ1n) is 9.34. The summed E-state index contributed by atoms with van der Waals surface area (Å²) in [7, 11) is 1.57. The van der Waals surface area contributed by atoms with Gasteiger partial charge in [0, 0.05) is 23.6 Å². The SMILES string of the molecule is CCCCOc1ccc(C(=O)NCCSCc2ccccc2C#N)cc1OC. The van der Waals surface area contributed by atoms with Gasteiger partial charge in [0.15, 0.2) is 11.5 Å². The number of amides is 1. The predicted octanol–water partition coefficient (Wildman–Crippen LogP) is 4.41. The number of methoxy groups -OCH3 is 1. The Morgan fingerprint density at radius 3 is 2.79 bits per heavy atom. The Balaban J connectivity index is 1.80. The summed E-state index contributed by atoms with van der Waals surface area (Å²) in [5.41, 5.74) is 2.26. The molecule has 1 N–H and O–H groups in total. The van der Waals surface area contributed by atoms with Crippen molar-refractivity contribution in [3.63, 3.8) is 0 Å². The number of benzene rings is 2. The Morgan fingerprint density at radius 1 is 1.21 bits per heavy atom. The van der Waals surface area contributed by atoms with Crippen LogP contribution in [0.1, 0.15) is 41.3 Å². The molecule has 148 valence electrons. The number of unbranched alkanes of at least 4 members (excludes halogenated alkanes) is 1. The number of nitrogens with zero attached hydrogens (tertiary/aromatic N) is 1. The van der Waals surface area contributed by atoms with Crippen molar-refractivity contribution in [1.29, 1.82) is 5.26 Å². The predicted molar refractivity (Wildman–Crippen MR) is 113 cm³/mol. The van der Waals surface area contributed by atoms with Crippen LogP contribution in [0.2, 0.25) is 0 Å². The normalized spacial score (nSPS) is 10.2. The molecule has 0 aliphatic rings. The molecule has 1 amide bonds. The van der Waals surface area contributed by atoms with Crippen LogP contribution in [0.3, 0.4) is 0 Å². The zero-order valence-corrected chi connectivity index (χ0v) is 17.2. The summed E-state index contributed by atoms with van der Waals surface area (Å²) >= 11 is 1.68. The molecule has 2 rings (SSSR count). The lowest BCUT2D eigenvalue weighted by atomic mass is 10.1. The van der Waals surface area contributed by atoms with Gasteiger partial charge < -0.3 is 14.8 Å². The van der Waals surface area contributed by atoms with Crippen LogP contribution >= 0.6 is 11.8 Å². The third-order valence-electron chi connectivity index (χ3n) is 4.11. The summed E-state index contributed by atoms with van der Waals surface area (Å²) in [5.74, 6) is 2.58. The molecular weight excluding hydrogens is 372 g/mol. The van der Waals surface area contributed by atoms with Crippen LogP contribution in [0.5, 0.6) is 11.5 Å². The number of nitrogens with one attached hydrogen (secondary N) is 1. The number of ether oxygens (including phenoxy) is 2. The highest BCUT2D eigenvalue weighted by atomic mass is 32.2. The van der Waals surface area contributed by atoms with E-state index in [1.807, 2.05) is 24.3 Å². The molecule has 0 aliphatic carbocycles. The molecule has 0 unspecified atom stereocenters. The van der Waals surface area contributed by atoms with E-state index in [1.165, 1.54) is 0 Å². The van der Waals surface area contributed by atoms with Crippen LogP contribution in [0.15, 0.2) is 42.5 Å². The summed E-state index contributed by atoms with van der Waals surface area (Å²) in [4.78, 5) is 12.4. The second-order valence-corrected chi connectivity index (χ2v) is 7.25. The van der Waals surface area contributed by atoms with E-state index < -0.39 is 0 Å². The topological polar surface area (TPSA) is 71.3 Å². The number of nitriles is 1. The molecule has 0 radical (unpaired) electrons. The minimum atomic E-state index is -0.142. The summed E-state index contributed by atoms with van der Waals surface area (Å²) in [5, 5.41) is 12.0. The first-order chi connectivity index (χ1) is 13.7. The van der Waals surface area contributed by atoms with E-state index in [0.717, 1.165) is 29.9 Å². The average molecular weight is 399 g/mol. The molecule has 2 aromatic rings. The van der Waals surface area contributed by atoms with Gasteiger partial charge in [-0.15, -0.1) is 0 Å². The van der Waals surface area contributed by atoms with Gasteiger partial charge in [0.1, 0.15) is 0 Å². The third-order valence-corrected chi connectivity index (χ3v) is 5.12. The molecule has 0 aromatic heterocycles. The van der Waals surface area contributed by atoms with E-state index in [9.17, 15) is 4.79 Å². The fraction of sp³-hybridized carbons (Fsp3) is 0.364. The highest BCUT2D eigenvalue weighted by Crippen LogP contribution is 2.28. The lowest BCUT2D eigenvalue weighted by molar-refractivity contribution is 0.0955. The van der Waals surface area contributed by atoms with E-state index in [0.29, 0.717) is 35.8 Å². The molecule has 0 atom stereocenters. The first-order valence-corrected chi connectivity index (χ1v) is 10.5. The molecule has 5 nitrogen and oxygen atoms in total. The van der Waals surface area contributed by atoms with Gasteiger partial charge in [-0.05, 0) is 36.2 Å². The number of hydrogen-bond donors (Lipinski definition) is 1. The standard InChI is InChI=1S/C22H26N2O3S/c1-3-4-12-27-20-10-9-17(14-21(20)26-2)22(25)24-11-13-28-16-19-8-6-5-7-18(19)15-23/h5-10,14H,3-4,11-13,16H2,1-2H3,(H,24,25). The first kappa shape index (κ1) is 21.6. The van der Waals surface area contributed by atoms with E-state index >= 15 is 0 Å². The monoisotopic (exact) mass is 398 g/mol. The number of carbonyl (C=O) groups is 1. The molecule has 28 heavy (non-hydrogen) atoms. The Hall–Kier alpha value is -2.65. The van der Waals surface area contributed by atoms with Crippen LogP contribution in [-0.4, -0.2) is 31.9 Å². The van der Waals surface area contributed by atoms with Crippen molar-refractivity contribution < 1.29 is 14.3 Å². The Kier molecular flexibility index (Phi) is 9.23. The largest absolute Gasteiger partial charge is 0.493 e.